The summed E-state index contributed by atoms with van der Waals surface area (Å²) in [6.07, 6.45) is 0.867. The number of rotatable bonds is 6. The van der Waals surface area contributed by atoms with Crippen molar-refractivity contribution in [1.29, 1.82) is 0 Å². The highest BCUT2D eigenvalue weighted by molar-refractivity contribution is 7.15. The molecule has 0 atom stereocenters. The Balaban J connectivity index is 1.92. The van der Waals surface area contributed by atoms with Crippen LogP contribution in [0.2, 0.25) is 0 Å². The Hall–Kier alpha value is -1.95. The fourth-order valence-corrected chi connectivity index (χ4v) is 3.39. The van der Waals surface area contributed by atoms with Gasteiger partial charge in [-0.1, -0.05) is 42.9 Å². The molecule has 5 nitrogen and oxygen atoms in total. The number of nitrogens with one attached hydrogen (secondary N) is 1. The molecule has 0 aliphatic rings. The van der Waals surface area contributed by atoms with Gasteiger partial charge in [0.2, 0.25) is 5.13 Å². The van der Waals surface area contributed by atoms with Crippen LogP contribution in [-0.4, -0.2) is 22.7 Å². The Bertz CT molecular complexity index is 672. The highest BCUT2D eigenvalue weighted by atomic mass is 32.1. The Morgan fingerprint density at radius 1 is 1.22 bits per heavy atom. The molecule has 0 fully saturated rings. The molecular weight excluding hydrogens is 310 g/mol. The monoisotopic (exact) mass is 333 g/mol. The second-order valence-corrected chi connectivity index (χ2v) is 7.23. The van der Waals surface area contributed by atoms with Crippen LogP contribution in [0, 0.1) is 26.7 Å². The summed E-state index contributed by atoms with van der Waals surface area (Å²) in [6.45, 7) is 10.2. The van der Waals surface area contributed by atoms with Gasteiger partial charge in [0.25, 0.3) is 5.91 Å². The van der Waals surface area contributed by atoms with Crippen LogP contribution in [0.15, 0.2) is 12.1 Å². The van der Waals surface area contributed by atoms with E-state index in [4.69, 9.17) is 4.74 Å². The Morgan fingerprint density at radius 3 is 2.48 bits per heavy atom. The summed E-state index contributed by atoms with van der Waals surface area (Å²) < 4.78 is 5.67. The van der Waals surface area contributed by atoms with E-state index in [2.05, 4.69) is 29.4 Å². The zero-order valence-electron chi connectivity index (χ0n) is 14.3. The van der Waals surface area contributed by atoms with E-state index in [1.54, 1.807) is 0 Å². The van der Waals surface area contributed by atoms with Gasteiger partial charge in [-0.2, -0.15) is 0 Å². The van der Waals surface area contributed by atoms with Gasteiger partial charge in [-0.25, -0.2) is 0 Å². The van der Waals surface area contributed by atoms with Crippen molar-refractivity contribution < 1.29 is 9.53 Å². The third kappa shape index (κ3) is 5.03. The van der Waals surface area contributed by atoms with Gasteiger partial charge in [-0.05, 0) is 37.8 Å². The summed E-state index contributed by atoms with van der Waals surface area (Å²) in [4.78, 5) is 12.0. The number of nitrogens with zero attached hydrogens (tertiary/aromatic N) is 2. The van der Waals surface area contributed by atoms with E-state index in [1.807, 2.05) is 32.9 Å². The second kappa shape index (κ2) is 7.55. The number of benzene rings is 1. The average molecular weight is 333 g/mol. The van der Waals surface area contributed by atoms with Crippen molar-refractivity contribution in [3.05, 3.63) is 33.8 Å². The molecule has 0 saturated heterocycles. The molecular formula is C17H23N3O2S. The summed E-state index contributed by atoms with van der Waals surface area (Å²) in [5, 5.41) is 12.3. The van der Waals surface area contributed by atoms with E-state index in [-0.39, 0.29) is 12.5 Å². The predicted molar refractivity (Wildman–Crippen MR) is 93.2 cm³/mol. The number of hydrogen-bond donors (Lipinski definition) is 1. The predicted octanol–water partition coefficient (Wildman–Crippen LogP) is 3.68. The van der Waals surface area contributed by atoms with E-state index < -0.39 is 0 Å². The van der Waals surface area contributed by atoms with Crippen molar-refractivity contribution in [3.8, 4) is 5.75 Å². The van der Waals surface area contributed by atoms with Crippen molar-refractivity contribution in [2.45, 2.75) is 41.0 Å². The fourth-order valence-electron chi connectivity index (χ4n) is 2.42. The number of aryl methyl sites for hydroxylation is 3. The summed E-state index contributed by atoms with van der Waals surface area (Å²) in [5.74, 6) is 1.06. The van der Waals surface area contributed by atoms with Gasteiger partial charge in [0.15, 0.2) is 6.61 Å². The van der Waals surface area contributed by atoms with E-state index in [9.17, 15) is 4.79 Å². The lowest BCUT2D eigenvalue weighted by Crippen LogP contribution is -2.20. The topological polar surface area (TPSA) is 64.1 Å². The highest BCUT2D eigenvalue weighted by Crippen LogP contribution is 2.24. The molecule has 0 aliphatic carbocycles. The lowest BCUT2D eigenvalue weighted by atomic mass is 10.1. The first kappa shape index (κ1) is 17.4. The lowest BCUT2D eigenvalue weighted by Gasteiger charge is -2.12. The van der Waals surface area contributed by atoms with Gasteiger partial charge >= 0.3 is 0 Å². The van der Waals surface area contributed by atoms with Crippen molar-refractivity contribution in [2.24, 2.45) is 5.92 Å². The fraction of sp³-hybridized carbons (Fsp3) is 0.471. The highest BCUT2D eigenvalue weighted by Gasteiger charge is 2.11. The summed E-state index contributed by atoms with van der Waals surface area (Å²) in [5.41, 5.74) is 3.25. The van der Waals surface area contributed by atoms with Crippen LogP contribution in [0.1, 0.15) is 35.5 Å². The van der Waals surface area contributed by atoms with Gasteiger partial charge < -0.3 is 4.74 Å². The van der Waals surface area contributed by atoms with Crippen LogP contribution in [0.5, 0.6) is 5.75 Å². The van der Waals surface area contributed by atoms with Crippen molar-refractivity contribution in [2.75, 3.05) is 11.9 Å². The smallest absolute Gasteiger partial charge is 0.264 e. The first-order valence-corrected chi connectivity index (χ1v) is 8.49. The van der Waals surface area contributed by atoms with Gasteiger partial charge in [0.1, 0.15) is 10.8 Å². The number of aromatic nitrogens is 2. The zero-order chi connectivity index (χ0) is 17.0. The van der Waals surface area contributed by atoms with Gasteiger partial charge in [-0.3, -0.25) is 10.1 Å². The van der Waals surface area contributed by atoms with Crippen LogP contribution in [0.25, 0.3) is 0 Å². The van der Waals surface area contributed by atoms with Crippen molar-refractivity contribution in [1.82, 2.24) is 10.2 Å². The third-order valence-corrected chi connectivity index (χ3v) is 4.11. The molecule has 23 heavy (non-hydrogen) atoms. The maximum atomic E-state index is 12.0. The molecule has 0 unspecified atom stereocenters. The van der Waals surface area contributed by atoms with Crippen LogP contribution >= 0.6 is 11.3 Å². The summed E-state index contributed by atoms with van der Waals surface area (Å²) in [6, 6.07) is 4.09. The largest absolute Gasteiger partial charge is 0.483 e. The third-order valence-electron chi connectivity index (χ3n) is 3.25. The van der Waals surface area contributed by atoms with Crippen LogP contribution in [-0.2, 0) is 11.2 Å². The van der Waals surface area contributed by atoms with E-state index >= 15 is 0 Å². The molecule has 1 amide bonds. The number of hydrogen-bond acceptors (Lipinski definition) is 5. The Labute approximate surface area is 141 Å². The van der Waals surface area contributed by atoms with Gasteiger partial charge in [-0.15, -0.1) is 10.2 Å². The summed E-state index contributed by atoms with van der Waals surface area (Å²) >= 11 is 1.41. The number of carbonyl (C=O) groups excluding carboxylic acids is 1. The van der Waals surface area contributed by atoms with Crippen LogP contribution < -0.4 is 10.1 Å². The standard InChI is InChI=1S/C17H23N3O2S/c1-10(2)6-15-19-20-17(23-15)18-14(21)9-22-16-12(4)7-11(3)8-13(16)5/h7-8,10H,6,9H2,1-5H3,(H,18,20,21). The molecule has 0 bridgehead atoms. The molecule has 1 aromatic heterocycles. The van der Waals surface area contributed by atoms with Gasteiger partial charge in [0.05, 0.1) is 0 Å². The zero-order valence-corrected chi connectivity index (χ0v) is 15.1. The van der Waals surface area contributed by atoms with Crippen LogP contribution in [0.3, 0.4) is 0 Å². The van der Waals surface area contributed by atoms with E-state index in [0.29, 0.717) is 11.0 Å². The number of ether oxygens (including phenoxy) is 1. The summed E-state index contributed by atoms with van der Waals surface area (Å²) in [7, 11) is 0. The van der Waals surface area contributed by atoms with Crippen LogP contribution in [0.4, 0.5) is 5.13 Å². The number of amides is 1. The SMILES string of the molecule is Cc1cc(C)c(OCC(=O)Nc2nnc(CC(C)C)s2)c(C)c1. The Morgan fingerprint density at radius 2 is 1.87 bits per heavy atom. The number of anilines is 1. The average Bonchev–Trinajstić information content (AvgIpc) is 2.83. The maximum absolute atomic E-state index is 12.0. The molecule has 1 aromatic carbocycles. The Kier molecular flexibility index (Phi) is 5.71. The van der Waals surface area contributed by atoms with E-state index in [1.165, 1.54) is 16.9 Å². The van der Waals surface area contributed by atoms with E-state index in [0.717, 1.165) is 28.3 Å². The molecule has 2 rings (SSSR count). The first-order valence-electron chi connectivity index (χ1n) is 7.68. The maximum Gasteiger partial charge on any atom is 0.264 e. The first-order chi connectivity index (χ1) is 10.8. The molecule has 0 spiro atoms. The molecule has 0 saturated carbocycles. The molecule has 1 N–H and O–H groups in total. The molecule has 1 heterocycles. The molecule has 6 heteroatoms. The minimum Gasteiger partial charge on any atom is -0.483 e. The quantitative estimate of drug-likeness (QED) is 0.876. The van der Waals surface area contributed by atoms with Crippen molar-refractivity contribution >= 4 is 22.4 Å². The minimum absolute atomic E-state index is 0.0379. The van der Waals surface area contributed by atoms with Crippen molar-refractivity contribution in [3.63, 3.8) is 0 Å². The normalized spacial score (nSPS) is 10.9. The molecule has 2 aromatic rings. The molecule has 124 valence electrons. The molecule has 0 aliphatic heterocycles. The second-order valence-electron chi connectivity index (χ2n) is 6.16. The van der Waals surface area contributed by atoms with Gasteiger partial charge in [0, 0.05) is 6.42 Å². The lowest BCUT2D eigenvalue weighted by molar-refractivity contribution is -0.118. The molecule has 0 radical (unpaired) electrons. The number of carbonyl (C=O) groups is 1. The minimum atomic E-state index is -0.225.